The van der Waals surface area contributed by atoms with Gasteiger partial charge in [-0.05, 0) is 48.4 Å². The van der Waals surface area contributed by atoms with E-state index in [9.17, 15) is 14.4 Å². The molecule has 4 aromatic rings. The van der Waals surface area contributed by atoms with Gasteiger partial charge in [0.1, 0.15) is 11.5 Å². The molecule has 41 heavy (non-hydrogen) atoms. The number of hydrogen-bond acceptors (Lipinski definition) is 4. The molecule has 4 aromatic carbocycles. The van der Waals surface area contributed by atoms with E-state index in [0.29, 0.717) is 37.3 Å². The maximum Gasteiger partial charge on any atom is 0.185 e. The summed E-state index contributed by atoms with van der Waals surface area (Å²) in [5.74, 6) is -1.75. The van der Waals surface area contributed by atoms with Crippen LogP contribution in [-0.4, -0.2) is 29.4 Å². The monoisotopic (exact) mass is 597 g/mol. The van der Waals surface area contributed by atoms with Crippen molar-refractivity contribution in [2.45, 2.75) is 24.9 Å². The molecule has 7 heteroatoms. The Kier molecular flexibility index (Phi) is 6.02. The maximum absolute atomic E-state index is 14.7. The van der Waals surface area contributed by atoms with E-state index in [4.69, 9.17) is 34.8 Å². The van der Waals surface area contributed by atoms with Crippen LogP contribution in [0, 0.1) is 12.3 Å². The zero-order valence-electron chi connectivity index (χ0n) is 21.8. The molecule has 4 nitrogen and oxygen atoms in total. The van der Waals surface area contributed by atoms with Gasteiger partial charge in [-0.3, -0.25) is 14.4 Å². The summed E-state index contributed by atoms with van der Waals surface area (Å²) in [5.41, 5.74) is 2.59. The first-order valence-electron chi connectivity index (χ1n) is 13.2. The smallest absolute Gasteiger partial charge is 0.185 e. The number of carbonyl (C=O) groups is 3. The van der Waals surface area contributed by atoms with Gasteiger partial charge in [-0.1, -0.05) is 107 Å². The van der Waals surface area contributed by atoms with Crippen molar-refractivity contribution in [3.63, 3.8) is 0 Å². The van der Waals surface area contributed by atoms with Crippen molar-refractivity contribution < 1.29 is 14.4 Å². The van der Waals surface area contributed by atoms with E-state index in [1.165, 1.54) is 0 Å². The molecule has 0 amide bonds. The molecular formula is C34H22Cl3NO3. The minimum atomic E-state index is -1.64. The summed E-state index contributed by atoms with van der Waals surface area (Å²) in [6, 6.07) is 23.0. The summed E-state index contributed by atoms with van der Waals surface area (Å²) in [6.07, 6.45) is 3.74. The molecule has 0 N–H and O–H groups in total. The number of carbonyl (C=O) groups excluding carboxylic acids is 3. The second-order valence-corrected chi connectivity index (χ2v) is 12.1. The van der Waals surface area contributed by atoms with Crippen LogP contribution in [0.15, 0.2) is 91.0 Å². The highest BCUT2D eigenvalue weighted by molar-refractivity contribution is 6.36. The van der Waals surface area contributed by atoms with Crippen LogP contribution in [0.5, 0.6) is 0 Å². The Morgan fingerprint density at radius 2 is 1.44 bits per heavy atom. The second kappa shape index (κ2) is 9.42. The first-order valence-corrected chi connectivity index (χ1v) is 14.4. The Balaban J connectivity index is 1.56. The minimum Gasteiger partial charge on any atom is -0.352 e. The van der Waals surface area contributed by atoms with Crippen molar-refractivity contribution in [1.82, 2.24) is 0 Å². The fourth-order valence-electron chi connectivity index (χ4n) is 6.93. The van der Waals surface area contributed by atoms with Crippen LogP contribution < -0.4 is 4.90 Å². The number of nitrogens with zero attached hydrogens (tertiary/aromatic N) is 1. The van der Waals surface area contributed by atoms with Crippen LogP contribution in [0.3, 0.4) is 0 Å². The number of benzene rings is 4. The SMILES string of the molecule is Cc1ccc(C(=O)C2C(c3ccc(Cl)cc3Cl)C3(C(=O)c4ccccc4C3=O)C3C=Cc4cc(Cl)ccc4N23)cc1. The Hall–Kier alpha value is -3.70. The number of fused-ring (bicyclic) bond motifs is 5. The van der Waals surface area contributed by atoms with E-state index in [2.05, 4.69) is 0 Å². The number of rotatable bonds is 3. The quantitative estimate of drug-likeness (QED) is 0.176. The van der Waals surface area contributed by atoms with Gasteiger partial charge < -0.3 is 4.90 Å². The summed E-state index contributed by atoms with van der Waals surface area (Å²) < 4.78 is 0. The summed E-state index contributed by atoms with van der Waals surface area (Å²) in [5, 5.41) is 1.25. The zero-order chi connectivity index (χ0) is 28.6. The highest BCUT2D eigenvalue weighted by atomic mass is 35.5. The van der Waals surface area contributed by atoms with Crippen molar-refractivity contribution in [3.05, 3.63) is 139 Å². The molecule has 202 valence electrons. The molecule has 2 heterocycles. The Bertz CT molecular complexity index is 1790. The van der Waals surface area contributed by atoms with E-state index in [0.717, 1.165) is 16.8 Å². The molecule has 7 rings (SSSR count). The fraction of sp³-hybridized carbons (Fsp3) is 0.147. The average molecular weight is 599 g/mol. The highest BCUT2D eigenvalue weighted by Crippen LogP contribution is 2.61. The van der Waals surface area contributed by atoms with Gasteiger partial charge in [0.05, 0.1) is 6.04 Å². The second-order valence-electron chi connectivity index (χ2n) is 10.8. The molecular weight excluding hydrogens is 577 g/mol. The lowest BCUT2D eigenvalue weighted by Crippen LogP contribution is -2.48. The molecule has 1 spiro atoms. The third kappa shape index (κ3) is 3.64. The Labute approximate surface area is 252 Å². The van der Waals surface area contributed by atoms with Crippen LogP contribution in [0.4, 0.5) is 5.69 Å². The molecule has 0 saturated carbocycles. The average Bonchev–Trinajstić information content (AvgIpc) is 3.39. The van der Waals surface area contributed by atoms with E-state index in [-0.39, 0.29) is 17.3 Å². The number of hydrogen-bond donors (Lipinski definition) is 0. The topological polar surface area (TPSA) is 54.5 Å². The first kappa shape index (κ1) is 26.2. The van der Waals surface area contributed by atoms with Crippen LogP contribution in [-0.2, 0) is 0 Å². The third-order valence-electron chi connectivity index (χ3n) is 8.67. The number of aryl methyl sites for hydroxylation is 1. The number of ketones is 3. The summed E-state index contributed by atoms with van der Waals surface area (Å²) in [4.78, 5) is 46.0. The molecule has 3 atom stereocenters. The Morgan fingerprint density at radius 1 is 0.805 bits per heavy atom. The van der Waals surface area contributed by atoms with Crippen LogP contribution in [0.1, 0.15) is 53.7 Å². The van der Waals surface area contributed by atoms with E-state index >= 15 is 0 Å². The lowest BCUT2D eigenvalue weighted by Gasteiger charge is -2.37. The van der Waals surface area contributed by atoms with Gasteiger partial charge in [0, 0.05) is 43.4 Å². The number of anilines is 1. The highest BCUT2D eigenvalue weighted by Gasteiger charge is 2.71. The van der Waals surface area contributed by atoms with Gasteiger partial charge >= 0.3 is 0 Å². The standard InChI is InChI=1S/C34H22Cl3NO3/c1-18-6-8-19(9-7-18)31(39)30-29(25-13-11-22(36)17-26(25)37)34(32(40)23-4-2-3-5-24(23)33(34)41)28-15-10-20-16-21(35)12-14-27(20)38(28)30/h2-17,28-30H,1H3. The van der Waals surface area contributed by atoms with Gasteiger partial charge in [-0.25, -0.2) is 0 Å². The predicted molar refractivity (Wildman–Crippen MR) is 163 cm³/mol. The van der Waals surface area contributed by atoms with Crippen molar-refractivity contribution in [2.75, 3.05) is 4.90 Å². The fourth-order valence-corrected chi connectivity index (χ4v) is 7.64. The van der Waals surface area contributed by atoms with E-state index in [1.54, 1.807) is 60.7 Å². The van der Waals surface area contributed by atoms with Crippen LogP contribution in [0.25, 0.3) is 6.08 Å². The Morgan fingerprint density at radius 3 is 2.10 bits per heavy atom. The van der Waals surface area contributed by atoms with Crippen molar-refractivity contribution >= 4 is 63.9 Å². The molecule has 1 aliphatic carbocycles. The lowest BCUT2D eigenvalue weighted by molar-refractivity contribution is 0.0666. The molecule has 3 aliphatic rings. The van der Waals surface area contributed by atoms with Crippen molar-refractivity contribution in [2.24, 2.45) is 5.41 Å². The summed E-state index contributed by atoms with van der Waals surface area (Å²) in [7, 11) is 0. The molecule has 0 radical (unpaired) electrons. The molecule has 1 saturated heterocycles. The summed E-state index contributed by atoms with van der Waals surface area (Å²) >= 11 is 19.5. The van der Waals surface area contributed by atoms with Crippen LogP contribution >= 0.6 is 34.8 Å². The van der Waals surface area contributed by atoms with Gasteiger partial charge in [0.15, 0.2) is 17.3 Å². The van der Waals surface area contributed by atoms with Gasteiger partial charge in [-0.2, -0.15) is 0 Å². The molecule has 3 unspecified atom stereocenters. The van der Waals surface area contributed by atoms with Crippen molar-refractivity contribution in [1.29, 1.82) is 0 Å². The minimum absolute atomic E-state index is 0.212. The maximum atomic E-state index is 14.7. The zero-order valence-corrected chi connectivity index (χ0v) is 24.0. The predicted octanol–water partition coefficient (Wildman–Crippen LogP) is 8.27. The molecule has 2 aliphatic heterocycles. The lowest BCUT2D eigenvalue weighted by atomic mass is 9.64. The summed E-state index contributed by atoms with van der Waals surface area (Å²) in [6.45, 7) is 1.95. The molecule has 0 aromatic heterocycles. The van der Waals surface area contributed by atoms with Crippen molar-refractivity contribution in [3.8, 4) is 0 Å². The first-order chi connectivity index (χ1) is 19.7. The molecule has 0 bridgehead atoms. The van der Waals surface area contributed by atoms with Gasteiger partial charge in [-0.15, -0.1) is 0 Å². The normalized spacial score (nSPS) is 21.7. The van der Waals surface area contributed by atoms with Gasteiger partial charge in [0.2, 0.25) is 0 Å². The number of Topliss-reactive ketones (excluding diaryl/α,β-unsaturated/α-hetero) is 3. The largest absolute Gasteiger partial charge is 0.352 e. The van der Waals surface area contributed by atoms with Gasteiger partial charge in [0.25, 0.3) is 0 Å². The number of halogens is 3. The van der Waals surface area contributed by atoms with E-state index in [1.807, 2.05) is 48.2 Å². The molecule has 1 fully saturated rings. The third-order valence-corrected chi connectivity index (χ3v) is 9.47. The van der Waals surface area contributed by atoms with E-state index < -0.39 is 23.4 Å². The van der Waals surface area contributed by atoms with Crippen LogP contribution in [0.2, 0.25) is 15.1 Å².